The molecule has 2 aromatic carbocycles. The zero-order chi connectivity index (χ0) is 19.6. The van der Waals surface area contributed by atoms with Crippen molar-refractivity contribution in [1.29, 1.82) is 0 Å². The molecular weight excluding hydrogens is 370 g/mol. The van der Waals surface area contributed by atoms with Gasteiger partial charge in [0.05, 0.1) is 20.6 Å². The summed E-state index contributed by atoms with van der Waals surface area (Å²) in [6.45, 7) is 1.47. The predicted molar refractivity (Wildman–Crippen MR) is 114 cm³/mol. The molecular formula is C22H23N3O2S. The van der Waals surface area contributed by atoms with Crippen LogP contribution in [0, 0.1) is 5.41 Å². The first-order chi connectivity index (χ1) is 13.5. The normalized spacial score (nSPS) is 15.5. The maximum atomic E-state index is 13.3. The van der Waals surface area contributed by atoms with Crippen LogP contribution in [-0.2, 0) is 16.0 Å². The molecule has 2 amide bonds. The first-order valence-electron chi connectivity index (χ1n) is 9.58. The highest BCUT2D eigenvalue weighted by atomic mass is 32.1. The highest BCUT2D eigenvalue weighted by Gasteiger charge is 2.42. The number of fused-ring (bicyclic) bond motifs is 1. The van der Waals surface area contributed by atoms with Gasteiger partial charge in [0.2, 0.25) is 11.8 Å². The van der Waals surface area contributed by atoms with Gasteiger partial charge in [-0.15, -0.1) is 11.3 Å². The number of hydrogen-bond acceptors (Lipinski definition) is 4. The maximum Gasteiger partial charge on any atom is 0.231 e. The number of nitrogens with zero attached hydrogens (tertiary/aromatic N) is 1. The molecule has 2 N–H and O–H groups in total. The van der Waals surface area contributed by atoms with Crippen LogP contribution in [0.15, 0.2) is 48.5 Å². The van der Waals surface area contributed by atoms with Crippen molar-refractivity contribution in [2.24, 2.45) is 5.41 Å². The third-order valence-electron chi connectivity index (χ3n) is 5.31. The summed E-state index contributed by atoms with van der Waals surface area (Å²) in [5.74, 6) is -0.0872. The second kappa shape index (κ2) is 7.72. The summed E-state index contributed by atoms with van der Waals surface area (Å²) in [6, 6.07) is 15.4. The number of para-hydroxylation sites is 1. The summed E-state index contributed by atoms with van der Waals surface area (Å²) in [5, 5.41) is 6.85. The number of carbonyl (C=O) groups excluding carboxylic acids is 2. The fourth-order valence-electron chi connectivity index (χ4n) is 3.96. The fourth-order valence-corrected chi connectivity index (χ4v) is 5.07. The molecule has 28 heavy (non-hydrogen) atoms. The van der Waals surface area contributed by atoms with Crippen LogP contribution >= 0.6 is 11.3 Å². The average Bonchev–Trinajstić information content (AvgIpc) is 3.28. The van der Waals surface area contributed by atoms with E-state index in [1.807, 2.05) is 36.4 Å². The third kappa shape index (κ3) is 3.92. The van der Waals surface area contributed by atoms with E-state index in [1.54, 1.807) is 17.4 Å². The van der Waals surface area contributed by atoms with Crippen LogP contribution in [0.2, 0.25) is 0 Å². The van der Waals surface area contributed by atoms with Crippen LogP contribution in [0.4, 0.5) is 11.4 Å². The highest BCUT2D eigenvalue weighted by Crippen LogP contribution is 2.43. The molecule has 1 heterocycles. The molecule has 144 valence electrons. The van der Waals surface area contributed by atoms with Gasteiger partial charge in [-0.2, -0.15) is 0 Å². The molecule has 0 radical (unpaired) electrons. The van der Waals surface area contributed by atoms with E-state index in [9.17, 15) is 9.59 Å². The van der Waals surface area contributed by atoms with E-state index in [2.05, 4.69) is 16.7 Å². The monoisotopic (exact) mass is 393 g/mol. The van der Waals surface area contributed by atoms with E-state index in [0.29, 0.717) is 17.8 Å². The van der Waals surface area contributed by atoms with Gasteiger partial charge in [-0.3, -0.25) is 9.59 Å². The summed E-state index contributed by atoms with van der Waals surface area (Å²) < 4.78 is 1.16. The largest absolute Gasteiger partial charge is 0.326 e. The lowest BCUT2D eigenvalue weighted by Crippen LogP contribution is -2.35. The minimum atomic E-state index is -0.419. The number of thiazole rings is 1. The molecule has 1 fully saturated rings. The molecule has 0 spiro atoms. The predicted octanol–water partition coefficient (Wildman–Crippen LogP) is 5.00. The summed E-state index contributed by atoms with van der Waals surface area (Å²) in [7, 11) is 0. The molecule has 3 aromatic rings. The van der Waals surface area contributed by atoms with Crippen LogP contribution in [0.5, 0.6) is 0 Å². The van der Waals surface area contributed by atoms with Gasteiger partial charge < -0.3 is 10.6 Å². The summed E-state index contributed by atoms with van der Waals surface area (Å²) in [5.41, 5.74) is 1.96. The van der Waals surface area contributed by atoms with Crippen molar-refractivity contribution < 1.29 is 9.59 Å². The Hall–Kier alpha value is -2.73. The van der Waals surface area contributed by atoms with E-state index in [0.717, 1.165) is 40.9 Å². The van der Waals surface area contributed by atoms with Gasteiger partial charge in [-0.25, -0.2) is 4.98 Å². The standard InChI is InChI=1S/C22H23N3O2S/c1-15(26)23-16-7-6-8-17(13-16)24-21(27)22(11-4-5-12-22)14-20-25-18-9-2-3-10-19(18)28-20/h2-3,6-10,13H,4-5,11-12,14H2,1H3,(H,23,26)(H,24,27). The van der Waals surface area contributed by atoms with Gasteiger partial charge >= 0.3 is 0 Å². The molecule has 1 saturated carbocycles. The van der Waals surface area contributed by atoms with Crippen LogP contribution in [0.3, 0.4) is 0 Å². The molecule has 0 aliphatic heterocycles. The molecule has 4 rings (SSSR count). The molecule has 1 aliphatic carbocycles. The van der Waals surface area contributed by atoms with Gasteiger partial charge in [-0.05, 0) is 43.2 Å². The van der Waals surface area contributed by atoms with Crippen molar-refractivity contribution in [3.05, 3.63) is 53.5 Å². The minimum absolute atomic E-state index is 0.0456. The Morgan fingerprint density at radius 3 is 2.46 bits per heavy atom. The molecule has 0 atom stereocenters. The van der Waals surface area contributed by atoms with Gasteiger partial charge in [0.25, 0.3) is 0 Å². The van der Waals surface area contributed by atoms with Crippen molar-refractivity contribution in [1.82, 2.24) is 4.98 Å². The lowest BCUT2D eigenvalue weighted by Gasteiger charge is -2.27. The zero-order valence-corrected chi connectivity index (χ0v) is 16.6. The average molecular weight is 394 g/mol. The zero-order valence-electron chi connectivity index (χ0n) is 15.8. The topological polar surface area (TPSA) is 71.1 Å². The molecule has 0 saturated heterocycles. The molecule has 1 aromatic heterocycles. The van der Waals surface area contributed by atoms with E-state index in [4.69, 9.17) is 4.98 Å². The Morgan fingerprint density at radius 1 is 1.04 bits per heavy atom. The molecule has 0 bridgehead atoms. The first kappa shape index (κ1) is 18.6. The van der Waals surface area contributed by atoms with E-state index < -0.39 is 5.41 Å². The number of anilines is 2. The minimum Gasteiger partial charge on any atom is -0.326 e. The number of rotatable bonds is 5. The molecule has 1 aliphatic rings. The first-order valence-corrected chi connectivity index (χ1v) is 10.4. The smallest absolute Gasteiger partial charge is 0.231 e. The van der Waals surface area contributed by atoms with Crippen molar-refractivity contribution in [2.45, 2.75) is 39.0 Å². The third-order valence-corrected chi connectivity index (χ3v) is 6.35. The van der Waals surface area contributed by atoms with Gasteiger partial charge in [-0.1, -0.05) is 31.0 Å². The molecule has 0 unspecified atom stereocenters. The van der Waals surface area contributed by atoms with Crippen molar-refractivity contribution in [3.63, 3.8) is 0 Å². The number of carbonyl (C=O) groups is 2. The van der Waals surface area contributed by atoms with E-state index in [1.165, 1.54) is 6.92 Å². The highest BCUT2D eigenvalue weighted by molar-refractivity contribution is 7.18. The second-order valence-corrected chi connectivity index (χ2v) is 8.57. The lowest BCUT2D eigenvalue weighted by atomic mass is 9.81. The van der Waals surface area contributed by atoms with Crippen molar-refractivity contribution >= 4 is 44.7 Å². The lowest BCUT2D eigenvalue weighted by molar-refractivity contribution is -0.125. The molecule has 5 nitrogen and oxygen atoms in total. The quantitative estimate of drug-likeness (QED) is 0.641. The van der Waals surface area contributed by atoms with Crippen LogP contribution < -0.4 is 10.6 Å². The molecule has 6 heteroatoms. The van der Waals surface area contributed by atoms with E-state index >= 15 is 0 Å². The van der Waals surface area contributed by atoms with Gasteiger partial charge in [0, 0.05) is 24.7 Å². The number of aromatic nitrogens is 1. The Kier molecular flexibility index (Phi) is 5.13. The number of hydrogen-bond donors (Lipinski definition) is 2. The summed E-state index contributed by atoms with van der Waals surface area (Å²) in [4.78, 5) is 29.3. The van der Waals surface area contributed by atoms with Gasteiger partial charge in [0.15, 0.2) is 0 Å². The Morgan fingerprint density at radius 2 is 1.75 bits per heavy atom. The van der Waals surface area contributed by atoms with Crippen LogP contribution in [-0.4, -0.2) is 16.8 Å². The Labute approximate surface area is 168 Å². The number of amides is 2. The van der Waals surface area contributed by atoms with Crippen LogP contribution in [0.1, 0.15) is 37.6 Å². The van der Waals surface area contributed by atoms with Crippen molar-refractivity contribution in [2.75, 3.05) is 10.6 Å². The number of benzene rings is 2. The van der Waals surface area contributed by atoms with Gasteiger partial charge in [0.1, 0.15) is 0 Å². The summed E-state index contributed by atoms with van der Waals surface area (Å²) >= 11 is 1.68. The fraction of sp³-hybridized carbons (Fsp3) is 0.318. The van der Waals surface area contributed by atoms with Crippen molar-refractivity contribution in [3.8, 4) is 0 Å². The summed E-state index contributed by atoms with van der Waals surface area (Å²) in [6.07, 6.45) is 4.54. The SMILES string of the molecule is CC(=O)Nc1cccc(NC(=O)C2(Cc3nc4ccccc4s3)CCCC2)c1. The maximum absolute atomic E-state index is 13.3. The van der Waals surface area contributed by atoms with Crippen LogP contribution in [0.25, 0.3) is 10.2 Å². The Balaban J connectivity index is 1.55. The Bertz CT molecular complexity index is 988. The number of nitrogens with one attached hydrogen (secondary N) is 2. The van der Waals surface area contributed by atoms with E-state index in [-0.39, 0.29) is 11.8 Å². The second-order valence-electron chi connectivity index (χ2n) is 7.46.